The number of unbranched alkanes of at least 4 members (excludes halogenated alkanes) is 3. The summed E-state index contributed by atoms with van der Waals surface area (Å²) in [5.74, 6) is 0. The number of alkyl halides is 1. The minimum atomic E-state index is -3.42. The standard InChI is InChI=1S/C11H20BrN3O2S/c1-9-11(10(2)15-14-9)18(16,17)13-8-6-4-3-5-7-12/h13H,3-8H2,1-2H3,(H,14,15). The molecular formula is C11H20BrN3O2S. The number of aromatic nitrogens is 2. The highest BCUT2D eigenvalue weighted by Crippen LogP contribution is 2.16. The van der Waals surface area contributed by atoms with Crippen molar-refractivity contribution in [1.29, 1.82) is 0 Å². The maximum atomic E-state index is 12.0. The third-order valence-electron chi connectivity index (χ3n) is 2.68. The molecule has 1 rings (SSSR count). The van der Waals surface area contributed by atoms with E-state index in [4.69, 9.17) is 0 Å². The Morgan fingerprint density at radius 2 is 1.89 bits per heavy atom. The lowest BCUT2D eigenvalue weighted by atomic mass is 10.2. The minimum Gasteiger partial charge on any atom is -0.281 e. The largest absolute Gasteiger partial charge is 0.281 e. The zero-order valence-corrected chi connectivity index (χ0v) is 13.2. The highest BCUT2D eigenvalue weighted by atomic mass is 79.9. The molecule has 0 amide bonds. The Balaban J connectivity index is 2.46. The van der Waals surface area contributed by atoms with Crippen molar-refractivity contribution in [2.45, 2.75) is 44.4 Å². The van der Waals surface area contributed by atoms with Crippen molar-refractivity contribution < 1.29 is 8.42 Å². The van der Waals surface area contributed by atoms with Crippen LogP contribution < -0.4 is 4.72 Å². The summed E-state index contributed by atoms with van der Waals surface area (Å²) in [6.45, 7) is 3.88. The predicted molar refractivity (Wildman–Crippen MR) is 75.5 cm³/mol. The summed E-state index contributed by atoms with van der Waals surface area (Å²) >= 11 is 3.37. The van der Waals surface area contributed by atoms with Gasteiger partial charge in [0.2, 0.25) is 10.0 Å². The Bertz CT molecular complexity index is 451. The van der Waals surface area contributed by atoms with Gasteiger partial charge in [-0.3, -0.25) is 5.10 Å². The molecule has 2 N–H and O–H groups in total. The van der Waals surface area contributed by atoms with Crippen LogP contribution in [0.25, 0.3) is 0 Å². The Labute approximate surface area is 117 Å². The summed E-state index contributed by atoms with van der Waals surface area (Å²) in [4.78, 5) is 0.281. The van der Waals surface area contributed by atoms with Gasteiger partial charge >= 0.3 is 0 Å². The summed E-state index contributed by atoms with van der Waals surface area (Å²) in [7, 11) is -3.42. The minimum absolute atomic E-state index is 0.281. The fourth-order valence-electron chi connectivity index (χ4n) is 1.79. The molecule has 0 spiro atoms. The SMILES string of the molecule is Cc1n[nH]c(C)c1S(=O)(=O)NCCCCCCBr. The number of sulfonamides is 1. The van der Waals surface area contributed by atoms with Crippen LogP contribution in [0.3, 0.4) is 0 Å². The molecular weight excluding hydrogens is 318 g/mol. The van der Waals surface area contributed by atoms with Gasteiger partial charge in [0.25, 0.3) is 0 Å². The quantitative estimate of drug-likeness (QED) is 0.564. The average molecular weight is 338 g/mol. The molecule has 1 aromatic rings. The van der Waals surface area contributed by atoms with E-state index in [0.717, 1.165) is 31.0 Å². The summed E-state index contributed by atoms with van der Waals surface area (Å²) in [6.07, 6.45) is 4.16. The molecule has 0 unspecified atom stereocenters. The summed E-state index contributed by atoms with van der Waals surface area (Å²) in [5.41, 5.74) is 1.10. The Morgan fingerprint density at radius 3 is 2.44 bits per heavy atom. The monoisotopic (exact) mass is 337 g/mol. The number of nitrogens with zero attached hydrogens (tertiary/aromatic N) is 1. The van der Waals surface area contributed by atoms with Crippen molar-refractivity contribution in [2.24, 2.45) is 0 Å². The van der Waals surface area contributed by atoms with E-state index in [-0.39, 0.29) is 4.90 Å². The van der Waals surface area contributed by atoms with Crippen molar-refractivity contribution in [3.8, 4) is 0 Å². The molecule has 18 heavy (non-hydrogen) atoms. The van der Waals surface area contributed by atoms with Crippen molar-refractivity contribution in [2.75, 3.05) is 11.9 Å². The van der Waals surface area contributed by atoms with Crippen LogP contribution in [0.4, 0.5) is 0 Å². The molecule has 0 aliphatic carbocycles. The normalized spacial score (nSPS) is 11.9. The predicted octanol–water partition coefficient (Wildman–Crippen LogP) is 2.26. The summed E-state index contributed by atoms with van der Waals surface area (Å²) in [6, 6.07) is 0. The van der Waals surface area contributed by atoms with Crippen molar-refractivity contribution >= 4 is 26.0 Å². The van der Waals surface area contributed by atoms with E-state index in [0.29, 0.717) is 17.9 Å². The Morgan fingerprint density at radius 1 is 1.22 bits per heavy atom. The number of aryl methyl sites for hydroxylation is 2. The van der Waals surface area contributed by atoms with Gasteiger partial charge in [0, 0.05) is 11.9 Å². The van der Waals surface area contributed by atoms with Gasteiger partial charge in [-0.1, -0.05) is 28.8 Å². The molecule has 0 radical (unpaired) electrons. The molecule has 1 aromatic heterocycles. The average Bonchev–Trinajstić information content (AvgIpc) is 2.64. The first-order chi connectivity index (χ1) is 8.49. The molecule has 0 saturated heterocycles. The number of nitrogens with one attached hydrogen (secondary N) is 2. The molecule has 0 aliphatic rings. The van der Waals surface area contributed by atoms with Gasteiger partial charge in [-0.15, -0.1) is 0 Å². The highest BCUT2D eigenvalue weighted by molar-refractivity contribution is 9.09. The van der Waals surface area contributed by atoms with Gasteiger partial charge in [0.15, 0.2) is 0 Å². The van der Waals surface area contributed by atoms with E-state index in [1.165, 1.54) is 0 Å². The molecule has 5 nitrogen and oxygen atoms in total. The first-order valence-electron chi connectivity index (χ1n) is 6.06. The van der Waals surface area contributed by atoms with E-state index in [2.05, 4.69) is 30.8 Å². The third-order valence-corrected chi connectivity index (χ3v) is 4.97. The Hall–Kier alpha value is -0.400. The number of rotatable bonds is 8. The first kappa shape index (κ1) is 15.7. The molecule has 1 heterocycles. The molecule has 104 valence electrons. The van der Waals surface area contributed by atoms with Crippen molar-refractivity contribution in [3.63, 3.8) is 0 Å². The molecule has 0 bridgehead atoms. The van der Waals surface area contributed by atoms with Crippen LogP contribution >= 0.6 is 15.9 Å². The van der Waals surface area contributed by atoms with E-state index in [1.54, 1.807) is 13.8 Å². The second-order valence-corrected chi connectivity index (χ2v) is 6.76. The van der Waals surface area contributed by atoms with Crippen molar-refractivity contribution in [3.05, 3.63) is 11.4 Å². The number of hydrogen-bond donors (Lipinski definition) is 2. The van der Waals surface area contributed by atoms with Crippen LogP contribution in [-0.4, -0.2) is 30.5 Å². The van der Waals surface area contributed by atoms with E-state index in [1.807, 2.05) is 0 Å². The third kappa shape index (κ3) is 4.37. The first-order valence-corrected chi connectivity index (χ1v) is 8.66. The van der Waals surface area contributed by atoms with Crippen molar-refractivity contribution in [1.82, 2.24) is 14.9 Å². The zero-order valence-electron chi connectivity index (χ0n) is 10.8. The Kier molecular flexibility index (Phi) is 6.31. The smallest absolute Gasteiger partial charge is 0.244 e. The topological polar surface area (TPSA) is 74.8 Å². The van der Waals surface area contributed by atoms with Gasteiger partial charge in [-0.25, -0.2) is 13.1 Å². The lowest BCUT2D eigenvalue weighted by molar-refractivity contribution is 0.573. The fraction of sp³-hybridized carbons (Fsp3) is 0.727. The molecule has 0 saturated carbocycles. The van der Waals surface area contributed by atoms with Gasteiger partial charge in [0.1, 0.15) is 4.90 Å². The van der Waals surface area contributed by atoms with Crippen LogP contribution in [0.15, 0.2) is 4.90 Å². The number of H-pyrrole nitrogens is 1. The second kappa shape index (κ2) is 7.25. The van der Waals surface area contributed by atoms with E-state index >= 15 is 0 Å². The van der Waals surface area contributed by atoms with Gasteiger partial charge < -0.3 is 0 Å². The van der Waals surface area contributed by atoms with E-state index < -0.39 is 10.0 Å². The maximum absolute atomic E-state index is 12.0. The lowest BCUT2D eigenvalue weighted by Gasteiger charge is -2.06. The van der Waals surface area contributed by atoms with E-state index in [9.17, 15) is 8.42 Å². The van der Waals surface area contributed by atoms with Gasteiger partial charge in [-0.05, 0) is 26.7 Å². The van der Waals surface area contributed by atoms with Gasteiger partial charge in [0.05, 0.1) is 11.4 Å². The number of halogens is 1. The summed E-state index contributed by atoms with van der Waals surface area (Å²) < 4.78 is 26.7. The zero-order chi connectivity index (χ0) is 13.6. The van der Waals surface area contributed by atoms with Crippen LogP contribution in [0.2, 0.25) is 0 Å². The summed E-state index contributed by atoms with van der Waals surface area (Å²) in [5, 5.41) is 7.59. The lowest BCUT2D eigenvalue weighted by Crippen LogP contribution is -2.25. The molecule has 0 aromatic carbocycles. The molecule has 0 fully saturated rings. The number of hydrogen-bond acceptors (Lipinski definition) is 3. The van der Waals surface area contributed by atoms with Gasteiger partial charge in [-0.2, -0.15) is 5.10 Å². The second-order valence-electron chi connectivity index (χ2n) is 4.26. The molecule has 0 atom stereocenters. The van der Waals surface area contributed by atoms with Crippen LogP contribution in [-0.2, 0) is 10.0 Å². The number of aromatic amines is 1. The fourth-order valence-corrected chi connectivity index (χ4v) is 3.63. The van der Waals surface area contributed by atoms with Crippen LogP contribution in [0.5, 0.6) is 0 Å². The molecule has 0 aliphatic heterocycles. The molecule has 7 heteroatoms. The highest BCUT2D eigenvalue weighted by Gasteiger charge is 2.21. The maximum Gasteiger partial charge on any atom is 0.244 e. The van der Waals surface area contributed by atoms with Crippen LogP contribution in [0.1, 0.15) is 37.1 Å². The van der Waals surface area contributed by atoms with Crippen LogP contribution in [0, 0.1) is 13.8 Å².